The summed E-state index contributed by atoms with van der Waals surface area (Å²) in [6, 6.07) is -0.734. The van der Waals surface area contributed by atoms with E-state index in [9.17, 15) is 14.7 Å². The van der Waals surface area contributed by atoms with Crippen LogP contribution in [0.2, 0.25) is 0 Å². The summed E-state index contributed by atoms with van der Waals surface area (Å²) in [4.78, 5) is 25.2. The number of aliphatic carboxylic acids is 1. The number of hydrogen-bond acceptors (Lipinski definition) is 3. The molecule has 0 bridgehead atoms. The van der Waals surface area contributed by atoms with E-state index >= 15 is 0 Å². The topological polar surface area (TPSA) is 69.6 Å². The molecule has 6 heteroatoms. The van der Waals surface area contributed by atoms with Crippen LogP contribution >= 0.6 is 11.8 Å². The second kappa shape index (κ2) is 6.70. The fourth-order valence-corrected chi connectivity index (χ4v) is 4.25. The van der Waals surface area contributed by atoms with Crippen molar-refractivity contribution in [3.63, 3.8) is 0 Å². The predicted molar refractivity (Wildman–Crippen MR) is 79.8 cm³/mol. The molecule has 1 aliphatic heterocycles. The van der Waals surface area contributed by atoms with Gasteiger partial charge < -0.3 is 10.4 Å². The van der Waals surface area contributed by atoms with E-state index in [1.54, 1.807) is 0 Å². The largest absolute Gasteiger partial charge is 0.480 e. The summed E-state index contributed by atoms with van der Waals surface area (Å²) < 4.78 is 0. The van der Waals surface area contributed by atoms with Crippen LogP contribution in [0.4, 0.5) is 4.79 Å². The van der Waals surface area contributed by atoms with Gasteiger partial charge in [-0.1, -0.05) is 26.2 Å². The highest BCUT2D eigenvalue weighted by Gasteiger charge is 2.40. The Morgan fingerprint density at radius 1 is 1.20 bits per heavy atom. The van der Waals surface area contributed by atoms with Crippen molar-refractivity contribution in [2.24, 2.45) is 5.92 Å². The SMILES string of the molecule is CC1CCCCCC1NC(=O)N1C(C)SCC1C(=O)O. The first-order valence-electron chi connectivity index (χ1n) is 7.44. The van der Waals surface area contributed by atoms with Crippen LogP contribution in [0.3, 0.4) is 0 Å². The number of rotatable bonds is 2. The molecule has 114 valence electrons. The maximum atomic E-state index is 12.4. The maximum absolute atomic E-state index is 12.4. The Kier molecular flexibility index (Phi) is 5.18. The number of thioether (sulfide) groups is 1. The van der Waals surface area contributed by atoms with E-state index in [0.717, 1.165) is 19.3 Å². The minimum absolute atomic E-state index is 0.0721. The van der Waals surface area contributed by atoms with Crippen LogP contribution in [0.5, 0.6) is 0 Å². The van der Waals surface area contributed by atoms with Crippen molar-refractivity contribution in [2.75, 3.05) is 5.75 Å². The molecule has 0 aromatic carbocycles. The number of carbonyl (C=O) groups excluding carboxylic acids is 1. The van der Waals surface area contributed by atoms with Crippen molar-refractivity contribution in [3.05, 3.63) is 0 Å². The molecule has 4 atom stereocenters. The van der Waals surface area contributed by atoms with Gasteiger partial charge in [0.2, 0.25) is 0 Å². The third-order valence-electron chi connectivity index (χ3n) is 4.41. The molecule has 0 spiro atoms. The van der Waals surface area contributed by atoms with Gasteiger partial charge in [0.1, 0.15) is 6.04 Å². The monoisotopic (exact) mass is 300 g/mol. The van der Waals surface area contributed by atoms with E-state index in [4.69, 9.17) is 0 Å². The number of nitrogens with one attached hydrogen (secondary N) is 1. The Morgan fingerprint density at radius 2 is 1.90 bits per heavy atom. The maximum Gasteiger partial charge on any atom is 0.327 e. The lowest BCUT2D eigenvalue weighted by atomic mass is 9.97. The lowest BCUT2D eigenvalue weighted by molar-refractivity contribution is -0.141. The molecule has 4 unspecified atom stereocenters. The Labute approximate surface area is 124 Å². The van der Waals surface area contributed by atoms with Crippen molar-refractivity contribution < 1.29 is 14.7 Å². The van der Waals surface area contributed by atoms with Crippen LogP contribution in [-0.4, -0.2) is 45.2 Å². The molecule has 5 nitrogen and oxygen atoms in total. The average molecular weight is 300 g/mol. The first-order chi connectivity index (χ1) is 9.50. The number of carboxylic acids is 1. The van der Waals surface area contributed by atoms with E-state index in [-0.39, 0.29) is 17.4 Å². The van der Waals surface area contributed by atoms with Crippen molar-refractivity contribution in [2.45, 2.75) is 63.4 Å². The van der Waals surface area contributed by atoms with Crippen molar-refractivity contribution >= 4 is 23.8 Å². The van der Waals surface area contributed by atoms with Gasteiger partial charge in [-0.3, -0.25) is 4.90 Å². The Hall–Kier alpha value is -0.910. The summed E-state index contributed by atoms with van der Waals surface area (Å²) in [5.41, 5.74) is 0. The second-order valence-corrected chi connectivity index (χ2v) is 7.21. The standard InChI is InChI=1S/C14H24N2O3S/c1-9-6-4-3-5-7-11(9)15-14(19)16-10(2)20-8-12(16)13(17)18/h9-12H,3-8H2,1-2H3,(H,15,19)(H,17,18). The summed E-state index contributed by atoms with van der Waals surface area (Å²) in [5, 5.41) is 12.2. The number of amides is 2. The molecule has 1 saturated carbocycles. The van der Waals surface area contributed by atoms with Gasteiger partial charge >= 0.3 is 12.0 Å². The number of carboxylic acid groups (broad SMARTS) is 1. The minimum atomic E-state index is -0.911. The summed E-state index contributed by atoms with van der Waals surface area (Å²) in [5.74, 6) is 0.0330. The Balaban J connectivity index is 2.00. The Bertz CT molecular complexity index is 377. The molecule has 1 heterocycles. The summed E-state index contributed by atoms with van der Waals surface area (Å²) in [6.07, 6.45) is 5.73. The van der Waals surface area contributed by atoms with E-state index < -0.39 is 12.0 Å². The predicted octanol–water partition coefficient (Wildman–Crippen LogP) is 2.51. The molecule has 1 saturated heterocycles. The number of urea groups is 1. The van der Waals surface area contributed by atoms with Crippen LogP contribution in [0, 0.1) is 5.92 Å². The molecule has 2 rings (SSSR count). The zero-order valence-electron chi connectivity index (χ0n) is 12.2. The summed E-state index contributed by atoms with van der Waals surface area (Å²) in [6.45, 7) is 4.07. The normalized spacial score (nSPS) is 34.6. The molecule has 2 amide bonds. The Morgan fingerprint density at radius 3 is 2.60 bits per heavy atom. The van der Waals surface area contributed by atoms with Gasteiger partial charge in [-0.2, -0.15) is 0 Å². The van der Waals surface area contributed by atoms with Gasteiger partial charge in [0.15, 0.2) is 0 Å². The van der Waals surface area contributed by atoms with Gasteiger partial charge in [0.05, 0.1) is 5.37 Å². The zero-order chi connectivity index (χ0) is 14.7. The smallest absolute Gasteiger partial charge is 0.327 e. The summed E-state index contributed by atoms with van der Waals surface area (Å²) in [7, 11) is 0. The highest BCUT2D eigenvalue weighted by Crippen LogP contribution is 2.29. The van der Waals surface area contributed by atoms with Gasteiger partial charge in [-0.15, -0.1) is 11.8 Å². The minimum Gasteiger partial charge on any atom is -0.480 e. The second-order valence-electron chi connectivity index (χ2n) is 5.87. The molecule has 2 aliphatic rings. The molecular formula is C14H24N2O3S. The fourth-order valence-electron chi connectivity index (χ4n) is 3.08. The van der Waals surface area contributed by atoms with Gasteiger partial charge in [0.25, 0.3) is 0 Å². The van der Waals surface area contributed by atoms with Crippen molar-refractivity contribution in [1.82, 2.24) is 10.2 Å². The van der Waals surface area contributed by atoms with Gasteiger partial charge in [-0.25, -0.2) is 9.59 Å². The molecule has 2 N–H and O–H groups in total. The van der Waals surface area contributed by atoms with Crippen LogP contribution in [0.25, 0.3) is 0 Å². The van der Waals surface area contributed by atoms with Crippen LogP contribution in [0.15, 0.2) is 0 Å². The molecular weight excluding hydrogens is 276 g/mol. The highest BCUT2D eigenvalue weighted by molar-refractivity contribution is 8.00. The van der Waals surface area contributed by atoms with Crippen LogP contribution in [-0.2, 0) is 4.79 Å². The molecule has 2 fully saturated rings. The number of carbonyl (C=O) groups is 2. The lowest BCUT2D eigenvalue weighted by Crippen LogP contribution is -2.52. The quantitative estimate of drug-likeness (QED) is 0.769. The first-order valence-corrected chi connectivity index (χ1v) is 8.49. The number of nitrogens with zero attached hydrogens (tertiary/aromatic N) is 1. The molecule has 0 aromatic heterocycles. The first kappa shape index (κ1) is 15.5. The van der Waals surface area contributed by atoms with E-state index in [0.29, 0.717) is 11.7 Å². The average Bonchev–Trinajstić information content (AvgIpc) is 2.67. The van der Waals surface area contributed by atoms with Crippen molar-refractivity contribution in [3.8, 4) is 0 Å². The third kappa shape index (κ3) is 3.40. The third-order valence-corrected chi connectivity index (χ3v) is 5.63. The van der Waals surface area contributed by atoms with E-state index in [1.165, 1.54) is 29.5 Å². The van der Waals surface area contributed by atoms with Crippen LogP contribution < -0.4 is 5.32 Å². The molecule has 20 heavy (non-hydrogen) atoms. The number of hydrogen-bond donors (Lipinski definition) is 2. The van der Waals surface area contributed by atoms with Crippen molar-refractivity contribution in [1.29, 1.82) is 0 Å². The van der Waals surface area contributed by atoms with Crippen LogP contribution in [0.1, 0.15) is 46.0 Å². The summed E-state index contributed by atoms with van der Waals surface area (Å²) >= 11 is 1.52. The molecule has 1 aliphatic carbocycles. The molecule has 0 radical (unpaired) electrons. The lowest BCUT2D eigenvalue weighted by Gasteiger charge is -2.30. The van der Waals surface area contributed by atoms with E-state index in [1.807, 2.05) is 6.92 Å². The zero-order valence-corrected chi connectivity index (χ0v) is 13.0. The molecule has 0 aromatic rings. The fraction of sp³-hybridized carbons (Fsp3) is 0.857. The van der Waals surface area contributed by atoms with Gasteiger partial charge in [-0.05, 0) is 25.7 Å². The highest BCUT2D eigenvalue weighted by atomic mass is 32.2. The van der Waals surface area contributed by atoms with Gasteiger partial charge in [0, 0.05) is 11.8 Å². The van der Waals surface area contributed by atoms with E-state index in [2.05, 4.69) is 12.2 Å².